The minimum absolute atomic E-state index is 0.223. The molecule has 184 valence electrons. The topological polar surface area (TPSA) is 63.2 Å². The first-order chi connectivity index (χ1) is 16.0. The lowest BCUT2D eigenvalue weighted by atomic mass is 9.95. The molecule has 4 atom stereocenters. The summed E-state index contributed by atoms with van der Waals surface area (Å²) < 4.78 is 29.6. The van der Waals surface area contributed by atoms with Gasteiger partial charge in [-0.15, -0.1) is 0 Å². The van der Waals surface area contributed by atoms with Crippen molar-refractivity contribution in [1.29, 1.82) is 0 Å². The van der Waals surface area contributed by atoms with Gasteiger partial charge in [-0.05, 0) is 57.9 Å². The highest BCUT2D eigenvalue weighted by Gasteiger charge is 2.43. The number of hydrogen-bond acceptors (Lipinski definition) is 6. The Bertz CT molecular complexity index is 804. The standard InChI is InChI=1S/C27H40O6/c1-4-5-16-30-21-17-22-23(31-26(28)25(22)24(18-21)29-3)12-8-6-7-10-20-11-9-14-27(33-20)15-13-19(2)32-27/h17-20,23H,4-16H2,1-3H3. The molecule has 0 saturated carbocycles. The second-order valence-corrected chi connectivity index (χ2v) is 9.83. The molecule has 3 aliphatic rings. The second kappa shape index (κ2) is 11.1. The van der Waals surface area contributed by atoms with E-state index >= 15 is 0 Å². The molecule has 4 rings (SSSR count). The summed E-state index contributed by atoms with van der Waals surface area (Å²) in [6.07, 6.45) is 13.1. The second-order valence-electron chi connectivity index (χ2n) is 9.83. The van der Waals surface area contributed by atoms with Crippen molar-refractivity contribution in [2.24, 2.45) is 0 Å². The van der Waals surface area contributed by atoms with E-state index < -0.39 is 0 Å². The fraction of sp³-hybridized carbons (Fsp3) is 0.741. The molecular weight excluding hydrogens is 420 g/mol. The summed E-state index contributed by atoms with van der Waals surface area (Å²) in [5.41, 5.74) is 1.45. The van der Waals surface area contributed by atoms with Crippen molar-refractivity contribution in [3.05, 3.63) is 23.3 Å². The van der Waals surface area contributed by atoms with Gasteiger partial charge in [0.1, 0.15) is 23.2 Å². The van der Waals surface area contributed by atoms with Gasteiger partial charge in [0.25, 0.3) is 0 Å². The number of fused-ring (bicyclic) bond motifs is 1. The number of unbranched alkanes of at least 4 members (excludes halogenated alkanes) is 3. The molecule has 3 aliphatic heterocycles. The molecule has 0 amide bonds. The lowest BCUT2D eigenvalue weighted by Gasteiger charge is -2.38. The van der Waals surface area contributed by atoms with Crippen LogP contribution < -0.4 is 9.47 Å². The van der Waals surface area contributed by atoms with E-state index in [4.69, 9.17) is 23.7 Å². The van der Waals surface area contributed by atoms with E-state index in [2.05, 4.69) is 13.8 Å². The highest BCUT2D eigenvalue weighted by atomic mass is 16.7. The Morgan fingerprint density at radius 1 is 1.06 bits per heavy atom. The zero-order chi connectivity index (χ0) is 23.3. The average molecular weight is 461 g/mol. The Morgan fingerprint density at radius 2 is 1.91 bits per heavy atom. The summed E-state index contributed by atoms with van der Waals surface area (Å²) in [6, 6.07) is 3.75. The van der Waals surface area contributed by atoms with E-state index in [-0.39, 0.29) is 17.9 Å². The van der Waals surface area contributed by atoms with Crippen LogP contribution in [0, 0.1) is 0 Å². The third-order valence-corrected chi connectivity index (χ3v) is 7.20. The van der Waals surface area contributed by atoms with Crippen LogP contribution in [0.5, 0.6) is 11.5 Å². The summed E-state index contributed by atoms with van der Waals surface area (Å²) in [4.78, 5) is 12.5. The number of carbonyl (C=O) groups is 1. The number of benzene rings is 1. The third-order valence-electron chi connectivity index (χ3n) is 7.20. The van der Waals surface area contributed by atoms with E-state index in [0.29, 0.717) is 30.1 Å². The lowest BCUT2D eigenvalue weighted by Crippen LogP contribution is -2.40. The van der Waals surface area contributed by atoms with Gasteiger partial charge in [-0.2, -0.15) is 0 Å². The van der Waals surface area contributed by atoms with Gasteiger partial charge in [-0.3, -0.25) is 0 Å². The smallest absolute Gasteiger partial charge is 0.342 e. The molecule has 0 aromatic heterocycles. The zero-order valence-electron chi connectivity index (χ0n) is 20.5. The first-order valence-electron chi connectivity index (χ1n) is 12.9. The summed E-state index contributed by atoms with van der Waals surface area (Å²) in [5.74, 6) is 0.686. The molecule has 0 bridgehead atoms. The summed E-state index contributed by atoms with van der Waals surface area (Å²) in [5, 5.41) is 0. The number of esters is 1. The van der Waals surface area contributed by atoms with Crippen LogP contribution >= 0.6 is 0 Å². The van der Waals surface area contributed by atoms with Gasteiger partial charge in [0.15, 0.2) is 5.79 Å². The van der Waals surface area contributed by atoms with Crippen LogP contribution in [0.2, 0.25) is 0 Å². The van der Waals surface area contributed by atoms with Crippen LogP contribution in [0.1, 0.15) is 113 Å². The van der Waals surface area contributed by atoms with Gasteiger partial charge in [0.2, 0.25) is 0 Å². The molecule has 0 N–H and O–H groups in total. The van der Waals surface area contributed by atoms with Gasteiger partial charge in [-0.25, -0.2) is 4.79 Å². The van der Waals surface area contributed by atoms with Crippen LogP contribution in [0.4, 0.5) is 0 Å². The molecule has 6 nitrogen and oxygen atoms in total. The SMILES string of the molecule is CCCCOc1cc(OC)c2c(c1)C(CCCCCC1CCCC3(CCC(C)O3)O1)OC2=O. The molecule has 4 unspecified atom stereocenters. The van der Waals surface area contributed by atoms with Gasteiger partial charge in [-0.1, -0.05) is 26.2 Å². The van der Waals surface area contributed by atoms with Crippen LogP contribution in [-0.4, -0.2) is 37.7 Å². The van der Waals surface area contributed by atoms with Crippen molar-refractivity contribution in [2.75, 3.05) is 13.7 Å². The maximum Gasteiger partial charge on any atom is 0.342 e. The van der Waals surface area contributed by atoms with Gasteiger partial charge in [0.05, 0.1) is 25.9 Å². The first kappa shape index (κ1) is 24.3. The van der Waals surface area contributed by atoms with Gasteiger partial charge >= 0.3 is 5.97 Å². The van der Waals surface area contributed by atoms with E-state index in [1.807, 2.05) is 6.07 Å². The van der Waals surface area contributed by atoms with Crippen LogP contribution in [-0.2, 0) is 14.2 Å². The van der Waals surface area contributed by atoms with Crippen molar-refractivity contribution in [1.82, 2.24) is 0 Å². The molecule has 6 heteroatoms. The van der Waals surface area contributed by atoms with E-state index in [1.54, 1.807) is 13.2 Å². The number of methoxy groups -OCH3 is 1. The van der Waals surface area contributed by atoms with Gasteiger partial charge in [0, 0.05) is 24.5 Å². The predicted octanol–water partition coefficient (Wildman–Crippen LogP) is 6.50. The monoisotopic (exact) mass is 460 g/mol. The molecule has 2 fully saturated rings. The number of hydrogen-bond donors (Lipinski definition) is 0. The molecule has 1 aromatic carbocycles. The Kier molecular flexibility index (Phi) is 8.18. The molecule has 1 aromatic rings. The van der Waals surface area contributed by atoms with Crippen molar-refractivity contribution in [3.63, 3.8) is 0 Å². The third kappa shape index (κ3) is 5.83. The van der Waals surface area contributed by atoms with Crippen molar-refractivity contribution in [3.8, 4) is 11.5 Å². The summed E-state index contributed by atoms with van der Waals surface area (Å²) in [7, 11) is 1.58. The maximum absolute atomic E-state index is 12.5. The fourth-order valence-electron chi connectivity index (χ4n) is 5.41. The molecule has 3 heterocycles. The molecule has 33 heavy (non-hydrogen) atoms. The van der Waals surface area contributed by atoms with E-state index in [9.17, 15) is 4.79 Å². The van der Waals surface area contributed by atoms with E-state index in [1.165, 1.54) is 6.42 Å². The lowest BCUT2D eigenvalue weighted by molar-refractivity contribution is -0.269. The molecule has 0 aliphatic carbocycles. The maximum atomic E-state index is 12.5. The Labute approximate surface area is 198 Å². The average Bonchev–Trinajstić information content (AvgIpc) is 3.32. The Balaban J connectivity index is 1.26. The minimum Gasteiger partial charge on any atom is -0.496 e. The van der Waals surface area contributed by atoms with Crippen molar-refractivity contribution < 1.29 is 28.5 Å². The van der Waals surface area contributed by atoms with Crippen LogP contribution in [0.25, 0.3) is 0 Å². The normalized spacial score (nSPS) is 28.7. The summed E-state index contributed by atoms with van der Waals surface area (Å²) >= 11 is 0. The molecule has 0 radical (unpaired) electrons. The number of rotatable bonds is 11. The molecular formula is C27H40O6. The number of carbonyl (C=O) groups excluding carboxylic acids is 1. The van der Waals surface area contributed by atoms with Crippen molar-refractivity contribution >= 4 is 5.97 Å². The highest BCUT2D eigenvalue weighted by molar-refractivity contribution is 5.97. The Hall–Kier alpha value is -1.79. The Morgan fingerprint density at radius 3 is 2.67 bits per heavy atom. The van der Waals surface area contributed by atoms with Gasteiger partial charge < -0.3 is 23.7 Å². The van der Waals surface area contributed by atoms with E-state index in [0.717, 1.165) is 81.9 Å². The van der Waals surface area contributed by atoms with Crippen LogP contribution in [0.15, 0.2) is 12.1 Å². The highest BCUT2D eigenvalue weighted by Crippen LogP contribution is 2.43. The van der Waals surface area contributed by atoms with Crippen LogP contribution in [0.3, 0.4) is 0 Å². The number of ether oxygens (including phenoxy) is 5. The summed E-state index contributed by atoms with van der Waals surface area (Å²) in [6.45, 7) is 4.94. The zero-order valence-corrected chi connectivity index (χ0v) is 20.5. The predicted molar refractivity (Wildman–Crippen MR) is 126 cm³/mol. The fourth-order valence-corrected chi connectivity index (χ4v) is 5.41. The van der Waals surface area contributed by atoms with Crippen molar-refractivity contribution in [2.45, 2.75) is 115 Å². The molecule has 1 spiro atoms. The quantitative estimate of drug-likeness (QED) is 0.277. The minimum atomic E-state index is -0.306. The first-order valence-corrected chi connectivity index (χ1v) is 12.9. The largest absolute Gasteiger partial charge is 0.496 e. The molecule has 2 saturated heterocycles. The number of cyclic esters (lactones) is 1.